The summed E-state index contributed by atoms with van der Waals surface area (Å²) < 4.78 is 47.0. The van der Waals surface area contributed by atoms with Gasteiger partial charge in [0.1, 0.15) is 5.75 Å². The number of anilines is 1. The summed E-state index contributed by atoms with van der Waals surface area (Å²) in [5, 5.41) is 2.65. The highest BCUT2D eigenvalue weighted by atomic mass is 19.3. The van der Waals surface area contributed by atoms with Crippen LogP contribution in [0.1, 0.15) is 5.56 Å². The van der Waals surface area contributed by atoms with Crippen LogP contribution in [0.25, 0.3) is 0 Å². The molecule has 0 atom stereocenters. The van der Waals surface area contributed by atoms with Gasteiger partial charge in [-0.05, 0) is 49.0 Å². The molecule has 0 saturated heterocycles. The highest BCUT2D eigenvalue weighted by Crippen LogP contribution is 2.19. The lowest BCUT2D eigenvalue weighted by Gasteiger charge is -2.17. The number of likely N-dealkylation sites (N-methyl/N-ethyl adjacent to an activating group) is 1. The molecule has 2 aromatic carbocycles. The monoisotopic (exact) mass is 368 g/mol. The molecule has 1 N–H and O–H groups in total. The number of carbonyl (C=O) groups excluding carboxylic acids is 1. The van der Waals surface area contributed by atoms with Gasteiger partial charge in [0.15, 0.2) is 11.6 Å². The minimum atomic E-state index is -2.90. The van der Waals surface area contributed by atoms with Crippen molar-refractivity contribution in [1.82, 2.24) is 4.90 Å². The molecular weight excluding hydrogens is 349 g/mol. The molecule has 1 amide bonds. The lowest BCUT2D eigenvalue weighted by Crippen LogP contribution is -2.29. The molecule has 0 aliphatic rings. The van der Waals surface area contributed by atoms with Crippen LogP contribution >= 0.6 is 0 Å². The van der Waals surface area contributed by atoms with Gasteiger partial charge in [-0.3, -0.25) is 9.69 Å². The molecule has 0 saturated carbocycles. The normalized spacial score (nSPS) is 10.9. The van der Waals surface area contributed by atoms with Crippen LogP contribution in [0.5, 0.6) is 11.5 Å². The maximum atomic E-state index is 13.7. The second-order valence-corrected chi connectivity index (χ2v) is 5.59. The van der Waals surface area contributed by atoms with Gasteiger partial charge in [-0.15, -0.1) is 0 Å². The number of alkyl halides is 2. The van der Waals surface area contributed by atoms with Crippen molar-refractivity contribution in [2.45, 2.75) is 13.2 Å². The van der Waals surface area contributed by atoms with Gasteiger partial charge >= 0.3 is 6.61 Å². The topological polar surface area (TPSA) is 50.8 Å². The van der Waals surface area contributed by atoms with Crippen molar-refractivity contribution in [3.63, 3.8) is 0 Å². The second-order valence-electron chi connectivity index (χ2n) is 5.59. The average Bonchev–Trinajstić information content (AvgIpc) is 2.56. The number of nitrogens with one attached hydrogen (secondary N) is 1. The van der Waals surface area contributed by atoms with E-state index in [0.717, 1.165) is 0 Å². The second kappa shape index (κ2) is 9.10. The van der Waals surface area contributed by atoms with Crippen LogP contribution in [0, 0.1) is 5.82 Å². The molecule has 2 aromatic rings. The summed E-state index contributed by atoms with van der Waals surface area (Å²) in [5.41, 5.74) is 1.16. The minimum Gasteiger partial charge on any atom is -0.494 e. The molecule has 0 radical (unpaired) electrons. The SMILES string of the molecule is COc1ccc(CN(C)CC(=O)Nc2ccc(OC(F)F)cc2)cc1F. The lowest BCUT2D eigenvalue weighted by atomic mass is 10.2. The fraction of sp³-hybridized carbons (Fsp3) is 0.278. The van der Waals surface area contributed by atoms with Crippen LogP contribution in [0.15, 0.2) is 42.5 Å². The van der Waals surface area contributed by atoms with Crippen LogP contribution in [-0.4, -0.2) is 38.1 Å². The Hall–Kier alpha value is -2.74. The molecule has 0 aliphatic heterocycles. The first-order valence-corrected chi connectivity index (χ1v) is 7.73. The van der Waals surface area contributed by atoms with E-state index in [1.54, 1.807) is 18.0 Å². The Balaban J connectivity index is 1.85. The van der Waals surface area contributed by atoms with Crippen LogP contribution in [0.3, 0.4) is 0 Å². The lowest BCUT2D eigenvalue weighted by molar-refractivity contribution is -0.117. The summed E-state index contributed by atoms with van der Waals surface area (Å²) in [5.74, 6) is -0.581. The van der Waals surface area contributed by atoms with Crippen molar-refractivity contribution in [2.24, 2.45) is 0 Å². The molecule has 0 aromatic heterocycles. The van der Waals surface area contributed by atoms with Crippen LogP contribution < -0.4 is 14.8 Å². The van der Waals surface area contributed by atoms with Gasteiger partial charge in [0.2, 0.25) is 5.91 Å². The van der Waals surface area contributed by atoms with Gasteiger partial charge in [0.05, 0.1) is 13.7 Å². The predicted molar refractivity (Wildman–Crippen MR) is 91.0 cm³/mol. The first-order valence-electron chi connectivity index (χ1n) is 7.73. The van der Waals surface area contributed by atoms with E-state index < -0.39 is 12.4 Å². The van der Waals surface area contributed by atoms with Crippen molar-refractivity contribution in [3.05, 3.63) is 53.8 Å². The fourth-order valence-electron chi connectivity index (χ4n) is 2.34. The maximum absolute atomic E-state index is 13.7. The number of carbonyl (C=O) groups is 1. The predicted octanol–water partition coefficient (Wildman–Crippen LogP) is 3.51. The van der Waals surface area contributed by atoms with Crippen molar-refractivity contribution < 1.29 is 27.4 Å². The number of amides is 1. The van der Waals surface area contributed by atoms with Crippen LogP contribution in [0.4, 0.5) is 18.9 Å². The fourth-order valence-corrected chi connectivity index (χ4v) is 2.34. The Kier molecular flexibility index (Phi) is 6.85. The molecular formula is C18H19F3N2O3. The Morgan fingerprint density at radius 3 is 2.46 bits per heavy atom. The van der Waals surface area contributed by atoms with Gasteiger partial charge in [-0.25, -0.2) is 4.39 Å². The van der Waals surface area contributed by atoms with E-state index in [1.807, 2.05) is 0 Å². The van der Waals surface area contributed by atoms with E-state index in [0.29, 0.717) is 17.8 Å². The third kappa shape index (κ3) is 5.96. The highest BCUT2D eigenvalue weighted by molar-refractivity contribution is 5.92. The van der Waals surface area contributed by atoms with Crippen molar-refractivity contribution in [2.75, 3.05) is 26.0 Å². The van der Waals surface area contributed by atoms with Gasteiger partial charge in [-0.2, -0.15) is 8.78 Å². The summed E-state index contributed by atoms with van der Waals surface area (Å²) in [6.07, 6.45) is 0. The van der Waals surface area contributed by atoms with Gasteiger partial charge in [0.25, 0.3) is 0 Å². The van der Waals surface area contributed by atoms with Crippen LogP contribution in [0.2, 0.25) is 0 Å². The molecule has 8 heteroatoms. The number of halogens is 3. The number of rotatable bonds is 8. The number of ether oxygens (including phenoxy) is 2. The molecule has 140 valence electrons. The maximum Gasteiger partial charge on any atom is 0.387 e. The molecule has 26 heavy (non-hydrogen) atoms. The summed E-state index contributed by atoms with van der Waals surface area (Å²) >= 11 is 0. The standard InChI is InChI=1S/C18H19F3N2O3/c1-23(10-12-3-8-16(25-2)15(19)9-12)11-17(24)22-13-4-6-14(7-5-13)26-18(20)21/h3-9,18H,10-11H2,1-2H3,(H,22,24). The van der Waals surface area contributed by atoms with Crippen LogP contribution in [-0.2, 0) is 11.3 Å². The Bertz CT molecular complexity index is 739. The Labute approximate surface area is 149 Å². The summed E-state index contributed by atoms with van der Waals surface area (Å²) in [4.78, 5) is 13.8. The first-order chi connectivity index (χ1) is 12.4. The smallest absolute Gasteiger partial charge is 0.387 e. The quantitative estimate of drug-likeness (QED) is 0.775. The number of methoxy groups -OCH3 is 1. The summed E-state index contributed by atoms with van der Waals surface area (Å²) in [6, 6.07) is 10.2. The molecule has 5 nitrogen and oxygen atoms in total. The van der Waals surface area contributed by atoms with E-state index >= 15 is 0 Å². The molecule has 0 unspecified atom stereocenters. The molecule has 0 bridgehead atoms. The number of hydrogen-bond acceptors (Lipinski definition) is 4. The molecule has 0 fully saturated rings. The average molecular weight is 368 g/mol. The number of hydrogen-bond donors (Lipinski definition) is 1. The highest BCUT2D eigenvalue weighted by Gasteiger charge is 2.10. The zero-order valence-corrected chi connectivity index (χ0v) is 14.3. The van der Waals surface area contributed by atoms with E-state index in [4.69, 9.17) is 4.74 Å². The largest absolute Gasteiger partial charge is 0.494 e. The molecule has 0 aliphatic carbocycles. The zero-order chi connectivity index (χ0) is 19.1. The van der Waals surface area contributed by atoms with E-state index in [2.05, 4.69) is 10.1 Å². The Morgan fingerprint density at radius 1 is 1.19 bits per heavy atom. The zero-order valence-electron chi connectivity index (χ0n) is 14.3. The molecule has 0 heterocycles. The third-order valence-corrected chi connectivity index (χ3v) is 3.45. The number of nitrogens with zero attached hydrogens (tertiary/aromatic N) is 1. The van der Waals surface area contributed by atoms with Crippen molar-refractivity contribution >= 4 is 11.6 Å². The van der Waals surface area contributed by atoms with Crippen molar-refractivity contribution in [3.8, 4) is 11.5 Å². The van der Waals surface area contributed by atoms with E-state index in [-0.39, 0.29) is 24.0 Å². The minimum absolute atomic E-state index is 0.0108. The van der Waals surface area contributed by atoms with E-state index in [1.165, 1.54) is 43.5 Å². The third-order valence-electron chi connectivity index (χ3n) is 3.45. The molecule has 0 spiro atoms. The van der Waals surface area contributed by atoms with E-state index in [9.17, 15) is 18.0 Å². The van der Waals surface area contributed by atoms with Crippen molar-refractivity contribution in [1.29, 1.82) is 0 Å². The summed E-state index contributed by atoms with van der Waals surface area (Å²) in [7, 11) is 3.11. The van der Waals surface area contributed by atoms with Gasteiger partial charge in [0, 0.05) is 12.2 Å². The summed E-state index contributed by atoms with van der Waals surface area (Å²) in [6.45, 7) is -2.45. The first kappa shape index (κ1) is 19.6. The Morgan fingerprint density at radius 2 is 1.88 bits per heavy atom. The van der Waals surface area contributed by atoms with Gasteiger partial charge < -0.3 is 14.8 Å². The van der Waals surface area contributed by atoms with Gasteiger partial charge in [-0.1, -0.05) is 6.07 Å². The number of benzene rings is 2. The molecule has 2 rings (SSSR count).